The van der Waals surface area contributed by atoms with Gasteiger partial charge >= 0.3 is 0 Å². The molecule has 1 heterocycles. The van der Waals surface area contributed by atoms with Gasteiger partial charge in [-0.3, -0.25) is 9.59 Å². The predicted octanol–water partition coefficient (Wildman–Crippen LogP) is 3.58. The molecule has 4 heteroatoms. The summed E-state index contributed by atoms with van der Waals surface area (Å²) < 4.78 is 0. The number of piperidine rings is 1. The van der Waals surface area contributed by atoms with E-state index in [0.717, 1.165) is 43.1 Å². The first-order valence-electron chi connectivity index (χ1n) is 8.92. The number of benzene rings is 1. The summed E-state index contributed by atoms with van der Waals surface area (Å²) in [6, 6.07) is 7.74. The van der Waals surface area contributed by atoms with Crippen molar-refractivity contribution < 1.29 is 9.59 Å². The topological polar surface area (TPSA) is 49.4 Å². The van der Waals surface area contributed by atoms with Crippen molar-refractivity contribution in [3.8, 4) is 0 Å². The Bertz CT molecular complexity index is 628. The largest absolute Gasteiger partial charge is 0.326 e. The van der Waals surface area contributed by atoms with Gasteiger partial charge in [-0.15, -0.1) is 0 Å². The van der Waals surface area contributed by atoms with Crippen LogP contribution in [0.2, 0.25) is 0 Å². The minimum absolute atomic E-state index is 0.166. The summed E-state index contributed by atoms with van der Waals surface area (Å²) in [6.45, 7) is 0.780. The second-order valence-electron chi connectivity index (χ2n) is 7.32. The van der Waals surface area contributed by atoms with Gasteiger partial charge in [0.2, 0.25) is 11.8 Å². The lowest BCUT2D eigenvalue weighted by atomic mass is 9.88. The molecule has 0 radical (unpaired) electrons. The first kappa shape index (κ1) is 14.7. The second-order valence-corrected chi connectivity index (χ2v) is 7.32. The lowest BCUT2D eigenvalue weighted by molar-refractivity contribution is -0.121. The molecule has 122 valence electrons. The zero-order valence-corrected chi connectivity index (χ0v) is 13.5. The molecular weight excluding hydrogens is 288 g/mol. The summed E-state index contributed by atoms with van der Waals surface area (Å²) in [7, 11) is 0. The van der Waals surface area contributed by atoms with Crippen LogP contribution in [-0.4, -0.2) is 18.4 Å². The van der Waals surface area contributed by atoms with E-state index in [9.17, 15) is 9.59 Å². The van der Waals surface area contributed by atoms with E-state index in [1.165, 1.54) is 19.3 Å². The molecule has 1 N–H and O–H groups in total. The number of rotatable bonds is 3. The molecule has 3 aliphatic rings. The quantitative estimate of drug-likeness (QED) is 0.927. The highest BCUT2D eigenvalue weighted by Gasteiger charge is 2.43. The number of hydrogen-bond acceptors (Lipinski definition) is 2. The average Bonchev–Trinajstić information content (AvgIpc) is 3.18. The fourth-order valence-electron chi connectivity index (χ4n) is 4.63. The molecule has 2 amide bonds. The van der Waals surface area contributed by atoms with Crippen molar-refractivity contribution in [3.63, 3.8) is 0 Å². The summed E-state index contributed by atoms with van der Waals surface area (Å²) >= 11 is 0. The Morgan fingerprint density at radius 2 is 2.09 bits per heavy atom. The summed E-state index contributed by atoms with van der Waals surface area (Å²) in [5.41, 5.74) is 1.72. The van der Waals surface area contributed by atoms with Crippen molar-refractivity contribution in [3.05, 3.63) is 24.3 Å². The van der Waals surface area contributed by atoms with E-state index in [2.05, 4.69) is 5.32 Å². The molecule has 2 bridgehead atoms. The molecule has 23 heavy (non-hydrogen) atoms. The van der Waals surface area contributed by atoms with E-state index < -0.39 is 0 Å². The van der Waals surface area contributed by atoms with Crippen molar-refractivity contribution in [2.45, 2.75) is 44.9 Å². The number of carbonyl (C=O) groups excluding carboxylic acids is 2. The van der Waals surface area contributed by atoms with Crippen molar-refractivity contribution in [1.29, 1.82) is 0 Å². The molecule has 0 unspecified atom stereocenters. The number of nitrogens with one attached hydrogen (secondary N) is 1. The number of carbonyl (C=O) groups is 2. The summed E-state index contributed by atoms with van der Waals surface area (Å²) in [5.74, 6) is 1.90. The second kappa shape index (κ2) is 5.99. The van der Waals surface area contributed by atoms with Gasteiger partial charge in [-0.05, 0) is 62.1 Å². The zero-order valence-electron chi connectivity index (χ0n) is 13.5. The fourth-order valence-corrected chi connectivity index (χ4v) is 4.63. The van der Waals surface area contributed by atoms with Crippen molar-refractivity contribution in [2.75, 3.05) is 16.8 Å². The van der Waals surface area contributed by atoms with Crippen LogP contribution in [0.1, 0.15) is 44.9 Å². The molecule has 1 aliphatic heterocycles. The Kier molecular flexibility index (Phi) is 3.83. The molecule has 2 aliphatic carbocycles. The van der Waals surface area contributed by atoms with Crippen LogP contribution in [0.5, 0.6) is 0 Å². The van der Waals surface area contributed by atoms with Gasteiger partial charge in [-0.2, -0.15) is 0 Å². The van der Waals surface area contributed by atoms with Crippen LogP contribution in [-0.2, 0) is 9.59 Å². The van der Waals surface area contributed by atoms with Gasteiger partial charge in [-0.25, -0.2) is 0 Å². The Balaban J connectivity index is 1.46. The third kappa shape index (κ3) is 2.87. The Morgan fingerprint density at radius 3 is 2.83 bits per heavy atom. The normalized spacial score (nSPS) is 29.8. The van der Waals surface area contributed by atoms with Gasteiger partial charge in [0.1, 0.15) is 0 Å². The fraction of sp³-hybridized carbons (Fsp3) is 0.579. The van der Waals surface area contributed by atoms with Gasteiger partial charge in [0.15, 0.2) is 0 Å². The van der Waals surface area contributed by atoms with Gasteiger partial charge in [0.25, 0.3) is 0 Å². The van der Waals surface area contributed by atoms with E-state index in [-0.39, 0.29) is 17.7 Å². The Hall–Kier alpha value is -1.84. The maximum Gasteiger partial charge on any atom is 0.227 e. The third-order valence-corrected chi connectivity index (χ3v) is 5.82. The zero-order chi connectivity index (χ0) is 15.8. The highest BCUT2D eigenvalue weighted by Crippen LogP contribution is 2.48. The van der Waals surface area contributed by atoms with E-state index in [4.69, 9.17) is 0 Å². The monoisotopic (exact) mass is 312 g/mol. The Labute approximate surface area is 137 Å². The predicted molar refractivity (Wildman–Crippen MR) is 90.2 cm³/mol. The number of anilines is 2. The highest BCUT2D eigenvalue weighted by molar-refractivity contribution is 5.96. The molecule has 2 saturated carbocycles. The van der Waals surface area contributed by atoms with Crippen molar-refractivity contribution in [2.24, 2.45) is 17.8 Å². The van der Waals surface area contributed by atoms with Gasteiger partial charge in [-0.1, -0.05) is 12.5 Å². The maximum absolute atomic E-state index is 12.6. The van der Waals surface area contributed by atoms with Crippen LogP contribution in [0.15, 0.2) is 24.3 Å². The molecule has 0 spiro atoms. The van der Waals surface area contributed by atoms with Crippen LogP contribution in [0, 0.1) is 17.8 Å². The third-order valence-electron chi connectivity index (χ3n) is 5.82. The molecule has 3 fully saturated rings. The maximum atomic E-state index is 12.6. The number of fused-ring (bicyclic) bond motifs is 2. The molecule has 1 saturated heterocycles. The number of nitrogens with zero attached hydrogens (tertiary/aromatic N) is 1. The SMILES string of the molecule is O=C(Nc1cccc(N2CCCCC2=O)c1)[C@@H]1C[C@H]2CC[C@H]1C2. The van der Waals surface area contributed by atoms with Crippen molar-refractivity contribution >= 4 is 23.2 Å². The smallest absolute Gasteiger partial charge is 0.227 e. The molecule has 4 nitrogen and oxygen atoms in total. The molecule has 4 rings (SSSR count). The molecule has 1 aromatic rings. The van der Waals surface area contributed by atoms with E-state index in [1.54, 1.807) is 0 Å². The van der Waals surface area contributed by atoms with Gasteiger partial charge < -0.3 is 10.2 Å². The lowest BCUT2D eigenvalue weighted by Gasteiger charge is -2.27. The first-order valence-corrected chi connectivity index (χ1v) is 8.92. The summed E-state index contributed by atoms with van der Waals surface area (Å²) in [5, 5.41) is 3.09. The Morgan fingerprint density at radius 1 is 1.17 bits per heavy atom. The van der Waals surface area contributed by atoms with Crippen LogP contribution >= 0.6 is 0 Å². The van der Waals surface area contributed by atoms with Crippen LogP contribution < -0.4 is 10.2 Å². The van der Waals surface area contributed by atoms with E-state index in [1.807, 2.05) is 29.2 Å². The number of amides is 2. The molecule has 3 atom stereocenters. The average molecular weight is 312 g/mol. The van der Waals surface area contributed by atoms with E-state index in [0.29, 0.717) is 12.3 Å². The molecule has 1 aromatic carbocycles. The minimum Gasteiger partial charge on any atom is -0.326 e. The van der Waals surface area contributed by atoms with Crippen LogP contribution in [0.25, 0.3) is 0 Å². The van der Waals surface area contributed by atoms with Gasteiger partial charge in [0, 0.05) is 30.3 Å². The standard InChI is InChI=1S/C19H24N2O2/c22-18-6-1-2-9-21(18)16-5-3-4-15(12-16)20-19(23)17-11-13-7-8-14(17)10-13/h3-5,12-14,17H,1-2,6-11H2,(H,20,23)/t13-,14-,17+/m0/s1. The highest BCUT2D eigenvalue weighted by atomic mass is 16.2. The molecular formula is C19H24N2O2. The van der Waals surface area contributed by atoms with Crippen LogP contribution in [0.4, 0.5) is 11.4 Å². The summed E-state index contributed by atoms with van der Waals surface area (Å²) in [6.07, 6.45) is 7.47. The molecule has 0 aromatic heterocycles. The number of hydrogen-bond donors (Lipinski definition) is 1. The van der Waals surface area contributed by atoms with Crippen molar-refractivity contribution in [1.82, 2.24) is 0 Å². The van der Waals surface area contributed by atoms with E-state index >= 15 is 0 Å². The van der Waals surface area contributed by atoms with Gasteiger partial charge in [0.05, 0.1) is 0 Å². The lowest BCUT2D eigenvalue weighted by Crippen LogP contribution is -2.35. The van der Waals surface area contributed by atoms with Crippen LogP contribution in [0.3, 0.4) is 0 Å². The minimum atomic E-state index is 0.166. The summed E-state index contributed by atoms with van der Waals surface area (Å²) in [4.78, 5) is 26.5. The first-order chi connectivity index (χ1) is 11.2.